The third-order valence-electron chi connectivity index (χ3n) is 3.51. The maximum absolute atomic E-state index is 12.9. The highest BCUT2D eigenvalue weighted by molar-refractivity contribution is 7.89. The predicted octanol–water partition coefficient (Wildman–Crippen LogP) is 3.59. The highest BCUT2D eigenvalue weighted by atomic mass is 35.5. The topological polar surface area (TPSA) is 92.8 Å². The number of sulfonamides is 1. The Morgan fingerprint density at radius 2 is 1.66 bits per heavy atom. The number of hydrogen-bond donors (Lipinski definition) is 1. The van der Waals surface area contributed by atoms with E-state index >= 15 is 0 Å². The second kappa shape index (κ2) is 9.73. The summed E-state index contributed by atoms with van der Waals surface area (Å²) in [5.74, 6) is -2.31. The van der Waals surface area contributed by atoms with E-state index < -0.39 is 40.9 Å². The Hall–Kier alpha value is -1.91. The Bertz CT molecular complexity index is 1010. The van der Waals surface area contributed by atoms with Crippen LogP contribution in [0, 0.1) is 5.82 Å². The molecule has 0 atom stereocenters. The minimum absolute atomic E-state index is 0.0901. The van der Waals surface area contributed by atoms with Crippen molar-refractivity contribution in [2.45, 2.75) is 4.90 Å². The van der Waals surface area contributed by atoms with Gasteiger partial charge in [0.05, 0.1) is 20.6 Å². The lowest BCUT2D eigenvalue weighted by Gasteiger charge is -2.16. The first-order valence-electron chi connectivity index (χ1n) is 7.82. The molecule has 0 aliphatic heterocycles. The zero-order chi connectivity index (χ0) is 21.8. The van der Waals surface area contributed by atoms with Crippen LogP contribution in [0.15, 0.2) is 41.3 Å². The van der Waals surface area contributed by atoms with E-state index in [1.807, 2.05) is 0 Å². The molecule has 0 saturated carbocycles. The largest absolute Gasteiger partial charge is 0.455 e. The molecule has 1 N–H and O–H groups in total. The van der Waals surface area contributed by atoms with Gasteiger partial charge in [0.2, 0.25) is 10.0 Å². The number of carbonyl (C=O) groups excluding carboxylic acids is 2. The number of carbonyl (C=O) groups is 2. The number of nitrogens with one attached hydrogen (secondary N) is 1. The second-order valence-corrected chi connectivity index (χ2v) is 8.96. The molecule has 0 fully saturated rings. The fraction of sp³-hybridized carbons (Fsp3) is 0.176. The number of halogens is 4. The molecule has 0 aliphatic carbocycles. The maximum Gasteiger partial charge on any atom is 0.321 e. The van der Waals surface area contributed by atoms with E-state index in [0.717, 1.165) is 31.3 Å². The van der Waals surface area contributed by atoms with Gasteiger partial charge in [0.1, 0.15) is 12.4 Å². The summed E-state index contributed by atoms with van der Waals surface area (Å²) in [4.78, 5) is 23.6. The average Bonchev–Trinajstić information content (AvgIpc) is 2.63. The quantitative estimate of drug-likeness (QED) is 0.608. The van der Waals surface area contributed by atoms with Gasteiger partial charge in [-0.05, 0) is 36.4 Å². The van der Waals surface area contributed by atoms with Crippen LogP contribution in [0.1, 0.15) is 0 Å². The zero-order valence-corrected chi connectivity index (χ0v) is 17.9. The van der Waals surface area contributed by atoms with Crippen molar-refractivity contribution in [2.24, 2.45) is 0 Å². The Labute approximate surface area is 181 Å². The van der Waals surface area contributed by atoms with Gasteiger partial charge >= 0.3 is 5.97 Å². The number of esters is 1. The SMILES string of the molecule is CN(CC(=O)OCC(=O)Nc1c(Cl)cc(Cl)cc1Cl)S(=O)(=O)c1ccc(F)cc1. The molecule has 0 saturated heterocycles. The Balaban J connectivity index is 1.92. The van der Waals surface area contributed by atoms with Gasteiger partial charge < -0.3 is 10.1 Å². The highest BCUT2D eigenvalue weighted by Gasteiger charge is 2.24. The molecular weight excluding hydrogens is 470 g/mol. The van der Waals surface area contributed by atoms with Crippen molar-refractivity contribution in [3.63, 3.8) is 0 Å². The van der Waals surface area contributed by atoms with Crippen LogP contribution in [0.2, 0.25) is 15.1 Å². The first-order valence-corrected chi connectivity index (χ1v) is 10.4. The Morgan fingerprint density at radius 3 is 2.21 bits per heavy atom. The lowest BCUT2D eigenvalue weighted by atomic mass is 10.3. The molecule has 156 valence electrons. The normalized spacial score (nSPS) is 11.4. The predicted molar refractivity (Wildman–Crippen MR) is 107 cm³/mol. The van der Waals surface area contributed by atoms with Crippen LogP contribution < -0.4 is 5.32 Å². The molecule has 2 rings (SSSR count). The Morgan fingerprint density at radius 1 is 1.10 bits per heavy atom. The van der Waals surface area contributed by atoms with Crippen molar-refractivity contribution in [1.29, 1.82) is 0 Å². The molecule has 29 heavy (non-hydrogen) atoms. The third-order valence-corrected chi connectivity index (χ3v) is 6.14. The molecule has 2 aromatic carbocycles. The van der Waals surface area contributed by atoms with E-state index in [9.17, 15) is 22.4 Å². The summed E-state index contributed by atoms with van der Waals surface area (Å²) in [6, 6.07) is 6.84. The van der Waals surface area contributed by atoms with Gasteiger partial charge in [0, 0.05) is 12.1 Å². The van der Waals surface area contributed by atoms with Crippen molar-refractivity contribution in [1.82, 2.24) is 4.31 Å². The molecule has 0 aromatic heterocycles. The molecule has 1 amide bonds. The van der Waals surface area contributed by atoms with Crippen LogP contribution in [-0.2, 0) is 24.3 Å². The lowest BCUT2D eigenvalue weighted by molar-refractivity contribution is -0.147. The van der Waals surface area contributed by atoms with Crippen molar-refractivity contribution < 1.29 is 27.1 Å². The maximum atomic E-state index is 12.9. The molecule has 0 unspecified atom stereocenters. The molecule has 0 bridgehead atoms. The number of likely N-dealkylation sites (N-methyl/N-ethyl adjacent to an activating group) is 1. The number of hydrogen-bond acceptors (Lipinski definition) is 5. The summed E-state index contributed by atoms with van der Waals surface area (Å²) < 4.78 is 43.1. The monoisotopic (exact) mass is 482 g/mol. The van der Waals surface area contributed by atoms with Crippen molar-refractivity contribution in [2.75, 3.05) is 25.5 Å². The molecule has 0 spiro atoms. The van der Waals surface area contributed by atoms with E-state index in [-0.39, 0.29) is 25.7 Å². The van der Waals surface area contributed by atoms with E-state index in [1.165, 1.54) is 12.1 Å². The molecule has 7 nitrogen and oxygen atoms in total. The van der Waals surface area contributed by atoms with Crippen LogP contribution >= 0.6 is 34.8 Å². The number of anilines is 1. The number of benzene rings is 2. The first-order chi connectivity index (χ1) is 13.5. The van der Waals surface area contributed by atoms with Gasteiger partial charge in [0.15, 0.2) is 6.61 Å². The third kappa shape index (κ3) is 6.28. The molecule has 12 heteroatoms. The van der Waals surface area contributed by atoms with Crippen LogP contribution in [0.3, 0.4) is 0 Å². The summed E-state index contributed by atoms with van der Waals surface area (Å²) in [6.45, 7) is -1.35. The first kappa shape index (κ1) is 23.4. The standard InChI is InChI=1S/C17H14Cl3FN2O5S/c1-23(29(26,27)12-4-2-11(21)3-5-12)8-16(25)28-9-15(24)22-17-13(19)6-10(18)7-14(17)20/h2-7H,8-9H2,1H3,(H,22,24). The number of nitrogens with zero attached hydrogens (tertiary/aromatic N) is 1. The van der Waals surface area contributed by atoms with Gasteiger partial charge in [-0.1, -0.05) is 34.8 Å². The summed E-state index contributed by atoms with van der Waals surface area (Å²) in [7, 11) is -2.89. The van der Waals surface area contributed by atoms with E-state index in [0.29, 0.717) is 4.31 Å². The van der Waals surface area contributed by atoms with Crippen LogP contribution in [0.5, 0.6) is 0 Å². The second-order valence-electron chi connectivity index (χ2n) is 5.67. The van der Waals surface area contributed by atoms with Crippen molar-refractivity contribution in [3.8, 4) is 0 Å². The summed E-state index contributed by atoms with van der Waals surface area (Å²) in [5.41, 5.74) is 0.0924. The lowest BCUT2D eigenvalue weighted by Crippen LogP contribution is -2.34. The molecule has 0 aliphatic rings. The number of ether oxygens (including phenoxy) is 1. The van der Waals surface area contributed by atoms with E-state index in [4.69, 9.17) is 39.5 Å². The average molecular weight is 484 g/mol. The summed E-state index contributed by atoms with van der Waals surface area (Å²) >= 11 is 17.7. The fourth-order valence-electron chi connectivity index (χ4n) is 2.08. The minimum Gasteiger partial charge on any atom is -0.455 e. The highest BCUT2D eigenvalue weighted by Crippen LogP contribution is 2.33. The van der Waals surface area contributed by atoms with Gasteiger partial charge in [-0.15, -0.1) is 0 Å². The smallest absolute Gasteiger partial charge is 0.321 e. The Kier molecular flexibility index (Phi) is 7.84. The minimum atomic E-state index is -4.04. The number of rotatable bonds is 7. The van der Waals surface area contributed by atoms with Gasteiger partial charge in [0.25, 0.3) is 5.91 Å². The van der Waals surface area contributed by atoms with Crippen LogP contribution in [0.25, 0.3) is 0 Å². The van der Waals surface area contributed by atoms with Crippen molar-refractivity contribution >= 4 is 62.4 Å². The molecule has 0 radical (unpaired) electrons. The van der Waals surface area contributed by atoms with Gasteiger partial charge in [-0.3, -0.25) is 9.59 Å². The van der Waals surface area contributed by atoms with Crippen LogP contribution in [0.4, 0.5) is 10.1 Å². The fourth-order valence-corrected chi connectivity index (χ4v) is 4.11. The van der Waals surface area contributed by atoms with E-state index in [2.05, 4.69) is 5.32 Å². The van der Waals surface area contributed by atoms with Gasteiger partial charge in [-0.25, -0.2) is 12.8 Å². The molecule has 2 aromatic rings. The van der Waals surface area contributed by atoms with Crippen molar-refractivity contribution in [3.05, 3.63) is 57.3 Å². The summed E-state index contributed by atoms with van der Waals surface area (Å²) in [5, 5.41) is 2.82. The van der Waals surface area contributed by atoms with Gasteiger partial charge in [-0.2, -0.15) is 4.31 Å². The molecular formula is C17H14Cl3FN2O5S. The number of amides is 1. The zero-order valence-electron chi connectivity index (χ0n) is 14.8. The molecule has 0 heterocycles. The summed E-state index contributed by atoms with van der Waals surface area (Å²) in [6.07, 6.45) is 0. The van der Waals surface area contributed by atoms with Crippen LogP contribution in [-0.4, -0.2) is 44.8 Å². The van der Waals surface area contributed by atoms with E-state index in [1.54, 1.807) is 0 Å².